The number of halogens is 1. The molecule has 9 heteroatoms. The lowest BCUT2D eigenvalue weighted by atomic mass is 10.3. The zero-order valence-corrected chi connectivity index (χ0v) is 20.6. The van der Waals surface area contributed by atoms with Gasteiger partial charge in [0, 0.05) is 31.6 Å². The molecule has 3 aromatic rings. The Morgan fingerprint density at radius 1 is 1.23 bits per heavy atom. The van der Waals surface area contributed by atoms with E-state index in [-0.39, 0.29) is 24.0 Å². The molecule has 0 aliphatic carbocycles. The van der Waals surface area contributed by atoms with E-state index in [2.05, 4.69) is 32.6 Å². The van der Waals surface area contributed by atoms with E-state index in [4.69, 9.17) is 9.15 Å². The SMILES string of the molecule is CCNC(=NCc1ccc(-n2nc(C)cc2C)nc1)NCCCOCc1ccco1.I. The Morgan fingerprint density at radius 2 is 2.10 bits per heavy atom. The average molecular weight is 538 g/mol. The number of aliphatic imine (C=N–C) groups is 1. The Morgan fingerprint density at radius 3 is 2.74 bits per heavy atom. The molecule has 0 amide bonds. The highest BCUT2D eigenvalue weighted by atomic mass is 127. The van der Waals surface area contributed by atoms with Crippen molar-refractivity contribution in [1.82, 2.24) is 25.4 Å². The van der Waals surface area contributed by atoms with Gasteiger partial charge in [-0.15, -0.1) is 24.0 Å². The van der Waals surface area contributed by atoms with Gasteiger partial charge in [0.15, 0.2) is 11.8 Å². The summed E-state index contributed by atoms with van der Waals surface area (Å²) in [5.74, 6) is 2.44. The van der Waals surface area contributed by atoms with Crippen LogP contribution in [0.25, 0.3) is 5.82 Å². The lowest BCUT2D eigenvalue weighted by Gasteiger charge is -2.11. The largest absolute Gasteiger partial charge is 0.467 e. The number of ether oxygens (including phenoxy) is 1. The summed E-state index contributed by atoms with van der Waals surface area (Å²) >= 11 is 0. The summed E-state index contributed by atoms with van der Waals surface area (Å²) in [5, 5.41) is 11.1. The minimum absolute atomic E-state index is 0. The summed E-state index contributed by atoms with van der Waals surface area (Å²) in [6.07, 6.45) is 4.38. The van der Waals surface area contributed by atoms with E-state index in [0.29, 0.717) is 19.8 Å². The molecule has 2 N–H and O–H groups in total. The number of aryl methyl sites for hydroxylation is 2. The Kier molecular flexibility index (Phi) is 10.5. The fraction of sp³-hybridized carbons (Fsp3) is 0.409. The Labute approximate surface area is 200 Å². The number of furan rings is 1. The minimum Gasteiger partial charge on any atom is -0.467 e. The molecule has 8 nitrogen and oxygen atoms in total. The zero-order valence-electron chi connectivity index (χ0n) is 18.3. The number of rotatable bonds is 10. The van der Waals surface area contributed by atoms with Crippen molar-refractivity contribution in [3.8, 4) is 5.82 Å². The quantitative estimate of drug-likeness (QED) is 0.177. The molecule has 31 heavy (non-hydrogen) atoms. The van der Waals surface area contributed by atoms with Gasteiger partial charge in [-0.1, -0.05) is 6.07 Å². The van der Waals surface area contributed by atoms with Crippen LogP contribution in [0.5, 0.6) is 0 Å². The Bertz CT molecular complexity index is 922. The maximum atomic E-state index is 5.60. The molecule has 3 aromatic heterocycles. The molecular formula is C22H31IN6O2. The maximum Gasteiger partial charge on any atom is 0.191 e. The van der Waals surface area contributed by atoms with Gasteiger partial charge in [0.25, 0.3) is 0 Å². The fourth-order valence-electron chi connectivity index (χ4n) is 2.96. The van der Waals surface area contributed by atoms with Crippen molar-refractivity contribution in [2.45, 2.75) is 40.3 Å². The van der Waals surface area contributed by atoms with Crippen LogP contribution in [0.3, 0.4) is 0 Å². The van der Waals surface area contributed by atoms with Gasteiger partial charge >= 0.3 is 0 Å². The van der Waals surface area contributed by atoms with E-state index in [0.717, 1.165) is 54.0 Å². The predicted octanol–water partition coefficient (Wildman–Crippen LogP) is 3.76. The molecule has 0 bridgehead atoms. The lowest BCUT2D eigenvalue weighted by molar-refractivity contribution is 0.105. The fourth-order valence-corrected chi connectivity index (χ4v) is 2.96. The summed E-state index contributed by atoms with van der Waals surface area (Å²) in [6, 6.07) is 9.82. The first-order valence-corrected chi connectivity index (χ1v) is 10.3. The first-order valence-electron chi connectivity index (χ1n) is 10.3. The van der Waals surface area contributed by atoms with Crippen LogP contribution in [-0.4, -0.2) is 40.4 Å². The number of hydrogen-bond acceptors (Lipinski definition) is 5. The second-order valence-corrected chi connectivity index (χ2v) is 6.97. The second-order valence-electron chi connectivity index (χ2n) is 6.97. The van der Waals surface area contributed by atoms with Crippen molar-refractivity contribution < 1.29 is 9.15 Å². The van der Waals surface area contributed by atoms with Crippen molar-refractivity contribution in [1.29, 1.82) is 0 Å². The van der Waals surface area contributed by atoms with Crippen LogP contribution in [0.15, 0.2) is 52.2 Å². The smallest absolute Gasteiger partial charge is 0.191 e. The number of nitrogens with zero attached hydrogens (tertiary/aromatic N) is 4. The number of hydrogen-bond donors (Lipinski definition) is 2. The number of nitrogens with one attached hydrogen (secondary N) is 2. The van der Waals surface area contributed by atoms with Gasteiger partial charge in [-0.3, -0.25) is 0 Å². The summed E-state index contributed by atoms with van der Waals surface area (Å²) in [4.78, 5) is 9.17. The Hall–Kier alpha value is -2.40. The topological polar surface area (TPSA) is 89.5 Å². The van der Waals surface area contributed by atoms with E-state index in [9.17, 15) is 0 Å². The number of aromatic nitrogens is 3. The van der Waals surface area contributed by atoms with Crippen LogP contribution in [0.4, 0.5) is 0 Å². The van der Waals surface area contributed by atoms with E-state index in [1.807, 2.05) is 55.1 Å². The summed E-state index contributed by atoms with van der Waals surface area (Å²) in [7, 11) is 0. The average Bonchev–Trinajstić information content (AvgIpc) is 3.38. The molecule has 0 aliphatic heterocycles. The van der Waals surface area contributed by atoms with Gasteiger partial charge in [-0.2, -0.15) is 5.10 Å². The van der Waals surface area contributed by atoms with E-state index in [1.165, 1.54) is 0 Å². The maximum absolute atomic E-state index is 5.60. The molecule has 0 unspecified atom stereocenters. The van der Waals surface area contributed by atoms with Gasteiger partial charge < -0.3 is 19.8 Å². The molecule has 0 aliphatic rings. The van der Waals surface area contributed by atoms with Crippen LogP contribution >= 0.6 is 24.0 Å². The molecule has 0 fully saturated rings. The molecule has 3 rings (SSSR count). The number of guanidine groups is 1. The lowest BCUT2D eigenvalue weighted by Crippen LogP contribution is -2.38. The first-order chi connectivity index (χ1) is 14.7. The highest BCUT2D eigenvalue weighted by Crippen LogP contribution is 2.10. The van der Waals surface area contributed by atoms with Crippen molar-refractivity contribution >= 4 is 29.9 Å². The molecule has 3 heterocycles. The van der Waals surface area contributed by atoms with E-state index >= 15 is 0 Å². The highest BCUT2D eigenvalue weighted by molar-refractivity contribution is 14.0. The molecule has 0 saturated heterocycles. The summed E-state index contributed by atoms with van der Waals surface area (Å²) in [5.41, 5.74) is 3.09. The predicted molar refractivity (Wildman–Crippen MR) is 132 cm³/mol. The standard InChI is InChI=1S/C22H30N6O2.HI/c1-4-23-22(24-10-6-11-29-16-20-7-5-12-30-20)26-15-19-8-9-21(25-14-19)28-18(3)13-17(2)27-28;/h5,7-9,12-14H,4,6,10-11,15-16H2,1-3H3,(H2,23,24,26);1H. The van der Waals surface area contributed by atoms with Crippen molar-refractivity contribution in [2.75, 3.05) is 19.7 Å². The third kappa shape index (κ3) is 7.98. The monoisotopic (exact) mass is 538 g/mol. The highest BCUT2D eigenvalue weighted by Gasteiger charge is 2.05. The van der Waals surface area contributed by atoms with Crippen LogP contribution < -0.4 is 10.6 Å². The molecule has 0 radical (unpaired) electrons. The molecule has 0 aromatic carbocycles. The minimum atomic E-state index is 0. The van der Waals surface area contributed by atoms with Gasteiger partial charge in [-0.25, -0.2) is 14.7 Å². The molecule has 0 saturated carbocycles. The van der Waals surface area contributed by atoms with Crippen molar-refractivity contribution in [3.05, 3.63) is 65.5 Å². The molecule has 0 atom stereocenters. The van der Waals surface area contributed by atoms with Gasteiger partial charge in [0.05, 0.1) is 18.5 Å². The van der Waals surface area contributed by atoms with Gasteiger partial charge in [0.2, 0.25) is 0 Å². The first kappa shape index (κ1) is 24.9. The molecule has 168 valence electrons. The van der Waals surface area contributed by atoms with E-state index < -0.39 is 0 Å². The van der Waals surface area contributed by atoms with Crippen molar-refractivity contribution in [3.63, 3.8) is 0 Å². The van der Waals surface area contributed by atoms with Crippen molar-refractivity contribution in [2.24, 2.45) is 4.99 Å². The summed E-state index contributed by atoms with van der Waals surface area (Å²) < 4.78 is 12.7. The van der Waals surface area contributed by atoms with Crippen LogP contribution in [0.1, 0.15) is 36.1 Å². The zero-order chi connectivity index (χ0) is 21.2. The van der Waals surface area contributed by atoms with Crippen LogP contribution in [0, 0.1) is 13.8 Å². The number of pyridine rings is 1. The van der Waals surface area contributed by atoms with Crippen LogP contribution in [0.2, 0.25) is 0 Å². The molecule has 0 spiro atoms. The Balaban J connectivity index is 0.00000341. The third-order valence-electron chi connectivity index (χ3n) is 4.38. The third-order valence-corrected chi connectivity index (χ3v) is 4.38. The van der Waals surface area contributed by atoms with E-state index in [1.54, 1.807) is 6.26 Å². The summed E-state index contributed by atoms with van der Waals surface area (Å²) in [6.45, 7) is 9.34. The van der Waals surface area contributed by atoms with Crippen LogP contribution in [-0.2, 0) is 17.9 Å². The second kappa shape index (κ2) is 13.1. The van der Waals surface area contributed by atoms with Gasteiger partial charge in [-0.05, 0) is 57.0 Å². The normalized spacial score (nSPS) is 11.3. The molecular weight excluding hydrogens is 507 g/mol. The van der Waals surface area contributed by atoms with Gasteiger partial charge in [0.1, 0.15) is 12.4 Å².